The van der Waals surface area contributed by atoms with Gasteiger partial charge in [0.1, 0.15) is 0 Å². The SMILES string of the molecule is Cc1c(Cl)cccc1NC(=O)c1cc2nc(-c3cccs3)cc(C(F)(F)F)n2n1. The summed E-state index contributed by atoms with van der Waals surface area (Å²) in [4.78, 5) is 17.4. The molecule has 5 nitrogen and oxygen atoms in total. The van der Waals surface area contributed by atoms with Crippen molar-refractivity contribution in [3.8, 4) is 10.6 Å². The Hall–Kier alpha value is -2.91. The molecule has 29 heavy (non-hydrogen) atoms. The number of thiophene rings is 1. The van der Waals surface area contributed by atoms with Gasteiger partial charge in [0.05, 0.1) is 10.6 Å². The maximum absolute atomic E-state index is 13.6. The topological polar surface area (TPSA) is 59.3 Å². The van der Waals surface area contributed by atoms with Gasteiger partial charge in [-0.15, -0.1) is 11.3 Å². The number of fused-ring (bicyclic) bond motifs is 1. The highest BCUT2D eigenvalue weighted by Crippen LogP contribution is 2.33. The number of anilines is 1. The molecule has 4 rings (SSSR count). The molecule has 0 fully saturated rings. The highest BCUT2D eigenvalue weighted by molar-refractivity contribution is 7.13. The number of carbonyl (C=O) groups is 1. The van der Waals surface area contributed by atoms with Gasteiger partial charge in [-0.25, -0.2) is 9.50 Å². The van der Waals surface area contributed by atoms with Crippen LogP contribution < -0.4 is 5.32 Å². The molecule has 1 amide bonds. The standard InChI is InChI=1S/C19H12ClF3N4OS/c1-10-11(20)4-2-5-12(10)25-18(28)14-9-17-24-13(15-6-3-7-29-15)8-16(19(21,22)23)27(17)26-14/h2-9H,1H3,(H,25,28). The highest BCUT2D eigenvalue weighted by Gasteiger charge is 2.35. The van der Waals surface area contributed by atoms with E-state index < -0.39 is 17.8 Å². The lowest BCUT2D eigenvalue weighted by molar-refractivity contribution is -0.142. The second-order valence-electron chi connectivity index (χ2n) is 6.17. The summed E-state index contributed by atoms with van der Waals surface area (Å²) in [6.45, 7) is 1.72. The van der Waals surface area contributed by atoms with Gasteiger partial charge in [-0.3, -0.25) is 4.79 Å². The molecule has 0 spiro atoms. The maximum atomic E-state index is 13.6. The molecular formula is C19H12ClF3N4OS. The fourth-order valence-electron chi connectivity index (χ4n) is 2.77. The molecule has 1 N–H and O–H groups in total. The van der Waals surface area contributed by atoms with Gasteiger partial charge in [0.15, 0.2) is 17.0 Å². The molecule has 3 heterocycles. The Kier molecular flexibility index (Phi) is 4.79. The Bertz CT molecular complexity index is 1220. The van der Waals surface area contributed by atoms with Crippen LogP contribution in [-0.4, -0.2) is 20.5 Å². The quantitative estimate of drug-likeness (QED) is 0.448. The predicted octanol–water partition coefficient (Wildman–Crippen LogP) is 5.69. The minimum absolute atomic E-state index is 0.0730. The van der Waals surface area contributed by atoms with Gasteiger partial charge in [-0.2, -0.15) is 18.3 Å². The molecular weight excluding hydrogens is 425 g/mol. The van der Waals surface area contributed by atoms with Crippen LogP contribution in [-0.2, 0) is 6.18 Å². The van der Waals surface area contributed by atoms with Crippen molar-refractivity contribution in [2.45, 2.75) is 13.1 Å². The molecule has 1 aromatic carbocycles. The third-order valence-electron chi connectivity index (χ3n) is 4.24. The van der Waals surface area contributed by atoms with Crippen LogP contribution in [0.3, 0.4) is 0 Å². The number of amides is 1. The first kappa shape index (κ1) is 19.4. The zero-order valence-electron chi connectivity index (χ0n) is 14.8. The number of hydrogen-bond donors (Lipinski definition) is 1. The molecule has 3 aromatic heterocycles. The van der Waals surface area contributed by atoms with Crippen LogP contribution in [0, 0.1) is 6.92 Å². The molecule has 10 heteroatoms. The van der Waals surface area contributed by atoms with E-state index in [-0.39, 0.29) is 17.0 Å². The minimum atomic E-state index is -4.67. The van der Waals surface area contributed by atoms with Gasteiger partial charge in [-0.05, 0) is 42.1 Å². The monoisotopic (exact) mass is 436 g/mol. The highest BCUT2D eigenvalue weighted by atomic mass is 35.5. The molecule has 0 radical (unpaired) electrons. The van der Waals surface area contributed by atoms with E-state index >= 15 is 0 Å². The summed E-state index contributed by atoms with van der Waals surface area (Å²) in [5.74, 6) is -0.660. The summed E-state index contributed by atoms with van der Waals surface area (Å²) >= 11 is 7.31. The maximum Gasteiger partial charge on any atom is 0.433 e. The number of carbonyl (C=O) groups excluding carboxylic acids is 1. The largest absolute Gasteiger partial charge is 0.433 e. The van der Waals surface area contributed by atoms with E-state index in [1.807, 2.05) is 0 Å². The first-order chi connectivity index (χ1) is 13.7. The molecule has 0 saturated heterocycles. The van der Waals surface area contributed by atoms with Gasteiger partial charge in [0, 0.05) is 16.8 Å². The molecule has 0 saturated carbocycles. The van der Waals surface area contributed by atoms with Crippen molar-refractivity contribution in [2.24, 2.45) is 0 Å². The molecule has 0 bridgehead atoms. The number of hydrogen-bond acceptors (Lipinski definition) is 4. The number of halogens is 4. The Morgan fingerprint density at radius 1 is 1.21 bits per heavy atom. The number of alkyl halides is 3. The van der Waals surface area contributed by atoms with Gasteiger partial charge >= 0.3 is 6.18 Å². The van der Waals surface area contributed by atoms with Crippen LogP contribution in [0.25, 0.3) is 16.2 Å². The van der Waals surface area contributed by atoms with Crippen molar-refractivity contribution in [2.75, 3.05) is 5.32 Å². The normalized spacial score (nSPS) is 11.8. The van der Waals surface area contributed by atoms with Crippen LogP contribution in [0.5, 0.6) is 0 Å². The lowest BCUT2D eigenvalue weighted by Gasteiger charge is -2.10. The zero-order valence-corrected chi connectivity index (χ0v) is 16.4. The number of benzene rings is 1. The summed E-state index contributed by atoms with van der Waals surface area (Å²) in [6, 6.07) is 10.5. The first-order valence-corrected chi connectivity index (χ1v) is 9.58. The van der Waals surface area contributed by atoms with Crippen LogP contribution in [0.4, 0.5) is 18.9 Å². The molecule has 0 aliphatic carbocycles. The summed E-state index contributed by atoms with van der Waals surface area (Å²) in [6.07, 6.45) is -4.67. The minimum Gasteiger partial charge on any atom is -0.320 e. The second-order valence-corrected chi connectivity index (χ2v) is 7.52. The molecule has 0 aliphatic heterocycles. The fourth-order valence-corrected chi connectivity index (χ4v) is 3.63. The van der Waals surface area contributed by atoms with E-state index in [1.54, 1.807) is 42.6 Å². The number of nitrogens with zero attached hydrogens (tertiary/aromatic N) is 3. The first-order valence-electron chi connectivity index (χ1n) is 8.32. The number of aromatic nitrogens is 3. The van der Waals surface area contributed by atoms with Gasteiger partial charge in [0.25, 0.3) is 5.91 Å². The molecule has 148 valence electrons. The Labute approximate surface area is 171 Å². The fraction of sp³-hybridized carbons (Fsp3) is 0.105. The van der Waals surface area contributed by atoms with Gasteiger partial charge in [0.2, 0.25) is 0 Å². The number of nitrogens with one attached hydrogen (secondary N) is 1. The van der Waals surface area contributed by atoms with E-state index in [4.69, 9.17) is 11.6 Å². The predicted molar refractivity (Wildman–Crippen MR) is 105 cm³/mol. The van der Waals surface area contributed by atoms with E-state index in [2.05, 4.69) is 15.4 Å². The summed E-state index contributed by atoms with van der Waals surface area (Å²) in [5, 5.41) is 8.67. The average Bonchev–Trinajstić information content (AvgIpc) is 3.33. The van der Waals surface area contributed by atoms with E-state index in [0.29, 0.717) is 25.7 Å². The van der Waals surface area contributed by atoms with E-state index in [0.717, 1.165) is 6.07 Å². The lowest BCUT2D eigenvalue weighted by atomic mass is 10.2. The molecule has 4 aromatic rings. The third-order valence-corrected chi connectivity index (χ3v) is 5.54. The van der Waals surface area contributed by atoms with Crippen molar-refractivity contribution in [3.63, 3.8) is 0 Å². The van der Waals surface area contributed by atoms with Crippen LogP contribution >= 0.6 is 22.9 Å². The van der Waals surface area contributed by atoms with Crippen molar-refractivity contribution in [1.82, 2.24) is 14.6 Å². The van der Waals surface area contributed by atoms with Crippen LogP contribution in [0.15, 0.2) is 47.8 Å². The van der Waals surface area contributed by atoms with Crippen molar-refractivity contribution in [1.29, 1.82) is 0 Å². The second kappa shape index (κ2) is 7.16. The molecule has 0 aliphatic rings. The third kappa shape index (κ3) is 3.70. The van der Waals surface area contributed by atoms with Crippen LogP contribution in [0.2, 0.25) is 5.02 Å². The van der Waals surface area contributed by atoms with E-state index in [9.17, 15) is 18.0 Å². The van der Waals surface area contributed by atoms with Crippen molar-refractivity contribution in [3.05, 3.63) is 69.8 Å². The smallest absolute Gasteiger partial charge is 0.320 e. The van der Waals surface area contributed by atoms with E-state index in [1.165, 1.54) is 17.4 Å². The Morgan fingerprint density at radius 3 is 2.69 bits per heavy atom. The Balaban J connectivity index is 1.78. The molecule has 0 atom stereocenters. The van der Waals surface area contributed by atoms with Crippen LogP contribution in [0.1, 0.15) is 21.7 Å². The zero-order chi connectivity index (χ0) is 20.8. The summed E-state index contributed by atoms with van der Waals surface area (Å²) < 4.78 is 41.4. The lowest BCUT2D eigenvalue weighted by Crippen LogP contribution is -2.16. The molecule has 0 unspecified atom stereocenters. The van der Waals surface area contributed by atoms with Crippen molar-refractivity contribution >= 4 is 40.2 Å². The summed E-state index contributed by atoms with van der Waals surface area (Å²) in [7, 11) is 0. The average molecular weight is 437 g/mol. The van der Waals surface area contributed by atoms with Gasteiger partial charge in [-0.1, -0.05) is 23.7 Å². The summed E-state index contributed by atoms with van der Waals surface area (Å²) in [5.41, 5.74) is -0.0219. The number of rotatable bonds is 3. The van der Waals surface area contributed by atoms with Crippen molar-refractivity contribution < 1.29 is 18.0 Å². The Morgan fingerprint density at radius 2 is 2.00 bits per heavy atom. The van der Waals surface area contributed by atoms with Gasteiger partial charge < -0.3 is 5.32 Å².